The van der Waals surface area contributed by atoms with Crippen LogP contribution in [-0.2, 0) is 4.79 Å². The minimum atomic E-state index is -0.386. The number of hydrogen-bond acceptors (Lipinski definition) is 3. The number of nitrogens with one attached hydrogen (secondary N) is 2. The first-order valence-corrected chi connectivity index (χ1v) is 7.58. The van der Waals surface area contributed by atoms with Gasteiger partial charge in [-0.2, -0.15) is 0 Å². The van der Waals surface area contributed by atoms with Gasteiger partial charge in [-0.25, -0.2) is 4.98 Å². The largest absolute Gasteiger partial charge is 0.374 e. The molecule has 0 bridgehead atoms. The van der Waals surface area contributed by atoms with Crippen LogP contribution in [-0.4, -0.2) is 16.9 Å². The average molecular weight is 369 g/mol. The maximum atomic E-state index is 12.1. The molecule has 1 aromatic heterocycles. The fourth-order valence-electron chi connectivity index (χ4n) is 1.73. The molecule has 0 saturated heterocycles. The van der Waals surface area contributed by atoms with Gasteiger partial charge in [-0.15, -0.1) is 0 Å². The smallest absolute Gasteiger partial charge is 0.247 e. The molecule has 1 atom stereocenters. The van der Waals surface area contributed by atoms with E-state index in [1.165, 1.54) is 6.20 Å². The van der Waals surface area contributed by atoms with Crippen molar-refractivity contribution in [3.8, 4) is 0 Å². The van der Waals surface area contributed by atoms with Gasteiger partial charge in [-0.05, 0) is 49.7 Å². The third-order valence-corrected chi connectivity index (χ3v) is 4.03. The number of pyridine rings is 1. The zero-order chi connectivity index (χ0) is 15.4. The number of carbonyl (C=O) groups is 1. The van der Waals surface area contributed by atoms with Gasteiger partial charge in [-0.1, -0.05) is 27.5 Å². The third-order valence-electron chi connectivity index (χ3n) is 2.91. The summed E-state index contributed by atoms with van der Waals surface area (Å²) in [6.45, 7) is 3.79. The van der Waals surface area contributed by atoms with Gasteiger partial charge in [0.05, 0.1) is 5.02 Å². The summed E-state index contributed by atoms with van der Waals surface area (Å²) >= 11 is 9.20. The molecule has 1 aromatic carbocycles. The van der Waals surface area contributed by atoms with Crippen molar-refractivity contribution in [3.63, 3.8) is 0 Å². The molecule has 1 amide bonds. The molecule has 21 heavy (non-hydrogen) atoms. The quantitative estimate of drug-likeness (QED) is 0.848. The molecule has 0 aliphatic carbocycles. The maximum Gasteiger partial charge on any atom is 0.247 e. The Kier molecular flexibility index (Phi) is 5.20. The van der Waals surface area contributed by atoms with Gasteiger partial charge in [0.15, 0.2) is 0 Å². The average Bonchev–Trinajstić information content (AvgIpc) is 2.45. The molecule has 0 spiro atoms. The second-order valence-corrected chi connectivity index (χ2v) is 5.97. The Bertz CT molecular complexity index is 646. The van der Waals surface area contributed by atoms with Crippen molar-refractivity contribution in [3.05, 3.63) is 51.6 Å². The van der Waals surface area contributed by atoms with Gasteiger partial charge in [0.25, 0.3) is 0 Å². The summed E-state index contributed by atoms with van der Waals surface area (Å²) in [5.74, 6) is 0.315. The SMILES string of the molecule is Cc1cc(NC(C)C(=O)Nc2ccc(Cl)cn2)ccc1Br. The summed E-state index contributed by atoms with van der Waals surface area (Å²) in [7, 11) is 0. The Labute approximate surface area is 137 Å². The summed E-state index contributed by atoms with van der Waals surface area (Å²) in [6.07, 6.45) is 1.49. The van der Waals surface area contributed by atoms with Gasteiger partial charge in [0.1, 0.15) is 11.9 Å². The van der Waals surface area contributed by atoms with Crippen LogP contribution in [0.3, 0.4) is 0 Å². The summed E-state index contributed by atoms with van der Waals surface area (Å²) in [4.78, 5) is 16.1. The molecule has 6 heteroatoms. The minimum Gasteiger partial charge on any atom is -0.374 e. The molecule has 2 aromatic rings. The predicted octanol–water partition coefficient (Wildman–Crippen LogP) is 4.25. The predicted molar refractivity (Wildman–Crippen MR) is 89.8 cm³/mol. The molecule has 0 aliphatic rings. The summed E-state index contributed by atoms with van der Waals surface area (Å²) in [5.41, 5.74) is 1.99. The van der Waals surface area contributed by atoms with Crippen molar-refractivity contribution >= 4 is 44.9 Å². The first-order chi connectivity index (χ1) is 9.95. The Morgan fingerprint density at radius 1 is 1.33 bits per heavy atom. The number of aryl methyl sites for hydroxylation is 1. The highest BCUT2D eigenvalue weighted by atomic mass is 79.9. The molecule has 4 nitrogen and oxygen atoms in total. The topological polar surface area (TPSA) is 54.0 Å². The van der Waals surface area contributed by atoms with E-state index in [1.54, 1.807) is 19.1 Å². The van der Waals surface area contributed by atoms with E-state index in [2.05, 4.69) is 31.5 Å². The van der Waals surface area contributed by atoms with E-state index in [4.69, 9.17) is 11.6 Å². The lowest BCUT2D eigenvalue weighted by Crippen LogP contribution is -2.32. The normalized spacial score (nSPS) is 11.8. The van der Waals surface area contributed by atoms with Crippen LogP contribution in [0.5, 0.6) is 0 Å². The summed E-state index contributed by atoms with van der Waals surface area (Å²) < 4.78 is 1.04. The van der Waals surface area contributed by atoms with E-state index >= 15 is 0 Å². The molecule has 2 rings (SSSR count). The van der Waals surface area contributed by atoms with E-state index in [9.17, 15) is 4.79 Å². The second-order valence-electron chi connectivity index (χ2n) is 4.68. The highest BCUT2D eigenvalue weighted by molar-refractivity contribution is 9.10. The van der Waals surface area contributed by atoms with Crippen molar-refractivity contribution in [1.82, 2.24) is 4.98 Å². The number of aromatic nitrogens is 1. The first-order valence-electron chi connectivity index (χ1n) is 6.41. The first kappa shape index (κ1) is 15.8. The third kappa shape index (κ3) is 4.44. The van der Waals surface area contributed by atoms with Crippen LogP contribution < -0.4 is 10.6 Å². The number of anilines is 2. The van der Waals surface area contributed by atoms with Crippen LogP contribution >= 0.6 is 27.5 Å². The monoisotopic (exact) mass is 367 g/mol. The number of rotatable bonds is 4. The molecule has 0 fully saturated rings. The van der Waals surface area contributed by atoms with Crippen molar-refractivity contribution in [2.24, 2.45) is 0 Å². The Morgan fingerprint density at radius 3 is 2.71 bits per heavy atom. The number of hydrogen-bond donors (Lipinski definition) is 2. The summed E-state index contributed by atoms with van der Waals surface area (Å²) in [5, 5.41) is 6.42. The molecule has 1 heterocycles. The molecule has 1 unspecified atom stereocenters. The number of nitrogens with zero attached hydrogens (tertiary/aromatic N) is 1. The fraction of sp³-hybridized carbons (Fsp3) is 0.200. The molecular formula is C15H15BrClN3O. The van der Waals surface area contributed by atoms with Crippen LogP contribution in [0.25, 0.3) is 0 Å². The maximum absolute atomic E-state index is 12.1. The zero-order valence-electron chi connectivity index (χ0n) is 11.7. The van der Waals surface area contributed by atoms with Gasteiger partial charge in [0.2, 0.25) is 5.91 Å². The number of halogens is 2. The van der Waals surface area contributed by atoms with Gasteiger partial charge < -0.3 is 10.6 Å². The fourth-order valence-corrected chi connectivity index (χ4v) is 2.09. The summed E-state index contributed by atoms with van der Waals surface area (Å²) in [6, 6.07) is 8.80. The number of carbonyl (C=O) groups excluding carboxylic acids is 1. The van der Waals surface area contributed by atoms with Crippen LogP contribution in [0.1, 0.15) is 12.5 Å². The molecule has 0 radical (unpaired) electrons. The Morgan fingerprint density at radius 2 is 2.10 bits per heavy atom. The van der Waals surface area contributed by atoms with Crippen LogP contribution in [0, 0.1) is 6.92 Å². The van der Waals surface area contributed by atoms with E-state index < -0.39 is 0 Å². The highest BCUT2D eigenvalue weighted by Crippen LogP contribution is 2.20. The lowest BCUT2D eigenvalue weighted by Gasteiger charge is -2.15. The van der Waals surface area contributed by atoms with Crippen molar-refractivity contribution < 1.29 is 4.79 Å². The van der Waals surface area contributed by atoms with Gasteiger partial charge in [-0.3, -0.25) is 4.79 Å². The number of amides is 1. The van der Waals surface area contributed by atoms with E-state index in [0.29, 0.717) is 10.8 Å². The van der Waals surface area contributed by atoms with E-state index in [-0.39, 0.29) is 11.9 Å². The lowest BCUT2D eigenvalue weighted by atomic mass is 10.2. The molecule has 0 aliphatic heterocycles. The van der Waals surface area contributed by atoms with Crippen LogP contribution in [0.4, 0.5) is 11.5 Å². The van der Waals surface area contributed by atoms with Gasteiger partial charge >= 0.3 is 0 Å². The lowest BCUT2D eigenvalue weighted by molar-refractivity contribution is -0.116. The highest BCUT2D eigenvalue weighted by Gasteiger charge is 2.13. The zero-order valence-corrected chi connectivity index (χ0v) is 14.0. The molecular weight excluding hydrogens is 354 g/mol. The Hall–Kier alpha value is -1.59. The standard InChI is InChI=1S/C15H15BrClN3O/c1-9-7-12(4-5-13(9)16)19-10(2)15(21)20-14-6-3-11(17)8-18-14/h3-8,10,19H,1-2H3,(H,18,20,21). The Balaban J connectivity index is 1.98. The van der Waals surface area contributed by atoms with E-state index in [1.807, 2.05) is 25.1 Å². The van der Waals surface area contributed by atoms with Gasteiger partial charge in [0, 0.05) is 16.4 Å². The molecule has 0 saturated carbocycles. The second kappa shape index (κ2) is 6.91. The molecule has 2 N–H and O–H groups in total. The van der Waals surface area contributed by atoms with Crippen LogP contribution in [0.15, 0.2) is 41.0 Å². The molecule has 110 valence electrons. The van der Waals surface area contributed by atoms with E-state index in [0.717, 1.165) is 15.7 Å². The number of benzene rings is 1. The van der Waals surface area contributed by atoms with Crippen molar-refractivity contribution in [1.29, 1.82) is 0 Å². The van der Waals surface area contributed by atoms with Crippen molar-refractivity contribution in [2.75, 3.05) is 10.6 Å². The van der Waals surface area contributed by atoms with Crippen LogP contribution in [0.2, 0.25) is 5.02 Å². The van der Waals surface area contributed by atoms with Crippen molar-refractivity contribution in [2.45, 2.75) is 19.9 Å². The minimum absolute atomic E-state index is 0.162.